The summed E-state index contributed by atoms with van der Waals surface area (Å²) in [5.74, 6) is 0. The summed E-state index contributed by atoms with van der Waals surface area (Å²) >= 11 is 0. The lowest BCUT2D eigenvalue weighted by Crippen LogP contribution is -2.11. The number of hydrogen-bond donors (Lipinski definition) is 1. The number of hydrogen-bond acceptors (Lipinski definition) is 2. The van der Waals surface area contributed by atoms with Gasteiger partial charge in [0.1, 0.15) is 0 Å². The van der Waals surface area contributed by atoms with Crippen molar-refractivity contribution in [2.75, 3.05) is 6.54 Å². The van der Waals surface area contributed by atoms with Crippen LogP contribution in [0.4, 0.5) is 0 Å². The largest absolute Gasteiger partial charge is 0.313 e. The lowest BCUT2D eigenvalue weighted by molar-refractivity contribution is 0.724. The molecule has 0 aliphatic carbocycles. The van der Waals surface area contributed by atoms with E-state index in [9.17, 15) is 0 Å². The first kappa shape index (κ1) is 12.8. The van der Waals surface area contributed by atoms with Crippen LogP contribution >= 0.6 is 0 Å². The molecular formula is C16H20N2. The molecule has 1 aromatic carbocycles. The van der Waals surface area contributed by atoms with Crippen LogP contribution in [0.1, 0.15) is 23.6 Å². The highest BCUT2D eigenvalue weighted by atomic mass is 14.8. The maximum absolute atomic E-state index is 4.34. The van der Waals surface area contributed by atoms with Crippen molar-refractivity contribution in [3.8, 4) is 11.1 Å². The van der Waals surface area contributed by atoms with Gasteiger partial charge in [-0.25, -0.2) is 0 Å². The first-order valence-electron chi connectivity index (χ1n) is 6.43. The highest BCUT2D eigenvalue weighted by molar-refractivity contribution is 5.67. The van der Waals surface area contributed by atoms with Crippen LogP contribution in [0.25, 0.3) is 11.1 Å². The summed E-state index contributed by atoms with van der Waals surface area (Å²) in [6, 6.07) is 8.76. The molecule has 0 saturated heterocycles. The molecule has 0 aliphatic heterocycles. The highest BCUT2D eigenvalue weighted by Gasteiger charge is 2.03. The lowest BCUT2D eigenvalue weighted by atomic mass is 9.99. The number of nitrogens with one attached hydrogen (secondary N) is 1. The molecule has 2 aromatic rings. The second kappa shape index (κ2) is 5.78. The summed E-state index contributed by atoms with van der Waals surface area (Å²) in [5.41, 5.74) is 6.30. The Kier molecular flexibility index (Phi) is 4.11. The zero-order valence-electron chi connectivity index (χ0n) is 11.3. The molecule has 0 aliphatic rings. The van der Waals surface area contributed by atoms with Gasteiger partial charge in [-0.05, 0) is 43.1 Å². The van der Waals surface area contributed by atoms with E-state index < -0.39 is 0 Å². The first-order chi connectivity index (χ1) is 8.70. The van der Waals surface area contributed by atoms with Gasteiger partial charge in [-0.1, -0.05) is 30.7 Å². The van der Waals surface area contributed by atoms with Gasteiger partial charge in [-0.15, -0.1) is 0 Å². The molecule has 1 aromatic heterocycles. The number of aromatic nitrogens is 1. The van der Waals surface area contributed by atoms with E-state index in [1.54, 1.807) is 0 Å². The van der Waals surface area contributed by atoms with Crippen molar-refractivity contribution in [3.05, 3.63) is 53.3 Å². The Morgan fingerprint density at radius 1 is 1.11 bits per heavy atom. The van der Waals surface area contributed by atoms with Gasteiger partial charge < -0.3 is 5.32 Å². The van der Waals surface area contributed by atoms with Crippen LogP contribution < -0.4 is 5.32 Å². The van der Waals surface area contributed by atoms with E-state index in [2.05, 4.69) is 55.3 Å². The molecule has 0 spiro atoms. The van der Waals surface area contributed by atoms with E-state index in [0.717, 1.165) is 13.1 Å². The lowest BCUT2D eigenvalue weighted by Gasteiger charge is -2.09. The van der Waals surface area contributed by atoms with Crippen LogP contribution in [0.5, 0.6) is 0 Å². The monoisotopic (exact) mass is 240 g/mol. The zero-order chi connectivity index (χ0) is 13.0. The summed E-state index contributed by atoms with van der Waals surface area (Å²) in [6.45, 7) is 8.24. The van der Waals surface area contributed by atoms with Gasteiger partial charge >= 0.3 is 0 Å². The molecule has 1 heterocycles. The van der Waals surface area contributed by atoms with Gasteiger partial charge in [0, 0.05) is 24.5 Å². The molecule has 2 heteroatoms. The second-order valence-electron chi connectivity index (χ2n) is 4.68. The molecular weight excluding hydrogens is 220 g/mol. The van der Waals surface area contributed by atoms with Crippen LogP contribution in [0, 0.1) is 13.8 Å². The van der Waals surface area contributed by atoms with E-state index in [4.69, 9.17) is 0 Å². The Hall–Kier alpha value is -1.67. The predicted molar refractivity (Wildman–Crippen MR) is 76.5 cm³/mol. The van der Waals surface area contributed by atoms with Gasteiger partial charge in [0.25, 0.3) is 0 Å². The van der Waals surface area contributed by atoms with Gasteiger partial charge in [0.15, 0.2) is 0 Å². The number of benzene rings is 1. The van der Waals surface area contributed by atoms with Crippen molar-refractivity contribution in [3.63, 3.8) is 0 Å². The zero-order valence-corrected chi connectivity index (χ0v) is 11.3. The molecule has 2 rings (SSSR count). The standard InChI is InChI=1S/C16H20N2/c1-4-17-9-14-8-15(11-18-10-14)16-6-5-12(2)7-13(16)3/h5-8,10-11,17H,4,9H2,1-3H3. The molecule has 0 radical (unpaired) electrons. The Balaban J connectivity index is 2.32. The van der Waals surface area contributed by atoms with Crippen molar-refractivity contribution in [1.29, 1.82) is 0 Å². The molecule has 2 nitrogen and oxygen atoms in total. The number of aryl methyl sites for hydroxylation is 2. The topological polar surface area (TPSA) is 24.9 Å². The fourth-order valence-electron chi connectivity index (χ4n) is 2.14. The Morgan fingerprint density at radius 3 is 2.67 bits per heavy atom. The molecule has 94 valence electrons. The second-order valence-corrected chi connectivity index (χ2v) is 4.68. The predicted octanol–water partition coefficient (Wildman–Crippen LogP) is 3.47. The summed E-state index contributed by atoms with van der Waals surface area (Å²) in [4.78, 5) is 4.34. The summed E-state index contributed by atoms with van der Waals surface area (Å²) in [6.07, 6.45) is 3.86. The number of rotatable bonds is 4. The average Bonchev–Trinajstić information content (AvgIpc) is 2.36. The Labute approximate surface area is 109 Å². The normalized spacial score (nSPS) is 10.6. The van der Waals surface area contributed by atoms with Crippen molar-refractivity contribution in [2.45, 2.75) is 27.3 Å². The SMILES string of the molecule is CCNCc1cncc(-c2ccc(C)cc2C)c1. The van der Waals surface area contributed by atoms with Gasteiger partial charge in [-0.3, -0.25) is 4.98 Å². The van der Waals surface area contributed by atoms with Crippen LogP contribution in [-0.4, -0.2) is 11.5 Å². The molecule has 1 N–H and O–H groups in total. The molecule has 0 fully saturated rings. The Morgan fingerprint density at radius 2 is 1.94 bits per heavy atom. The molecule has 0 saturated carbocycles. The van der Waals surface area contributed by atoms with Crippen molar-refractivity contribution in [1.82, 2.24) is 10.3 Å². The third-order valence-electron chi connectivity index (χ3n) is 3.07. The van der Waals surface area contributed by atoms with E-state index >= 15 is 0 Å². The fourth-order valence-corrected chi connectivity index (χ4v) is 2.14. The van der Waals surface area contributed by atoms with Crippen molar-refractivity contribution in [2.24, 2.45) is 0 Å². The van der Waals surface area contributed by atoms with E-state index in [-0.39, 0.29) is 0 Å². The minimum atomic E-state index is 0.877. The van der Waals surface area contributed by atoms with Gasteiger partial charge in [-0.2, -0.15) is 0 Å². The third-order valence-corrected chi connectivity index (χ3v) is 3.07. The number of pyridine rings is 1. The summed E-state index contributed by atoms with van der Waals surface area (Å²) in [5, 5.41) is 3.33. The molecule has 18 heavy (non-hydrogen) atoms. The van der Waals surface area contributed by atoms with E-state index in [1.165, 1.54) is 27.8 Å². The van der Waals surface area contributed by atoms with Gasteiger partial charge in [0.2, 0.25) is 0 Å². The minimum absolute atomic E-state index is 0.877. The minimum Gasteiger partial charge on any atom is -0.313 e. The highest BCUT2D eigenvalue weighted by Crippen LogP contribution is 2.24. The Bertz CT molecular complexity index is 532. The van der Waals surface area contributed by atoms with Crippen LogP contribution in [0.2, 0.25) is 0 Å². The maximum Gasteiger partial charge on any atom is 0.0346 e. The van der Waals surface area contributed by atoms with Crippen LogP contribution in [-0.2, 0) is 6.54 Å². The smallest absolute Gasteiger partial charge is 0.0346 e. The first-order valence-corrected chi connectivity index (χ1v) is 6.43. The molecule has 0 bridgehead atoms. The fraction of sp³-hybridized carbons (Fsp3) is 0.312. The molecule has 0 amide bonds. The summed E-state index contributed by atoms with van der Waals surface area (Å²) < 4.78 is 0. The maximum atomic E-state index is 4.34. The van der Waals surface area contributed by atoms with Crippen LogP contribution in [0.3, 0.4) is 0 Å². The van der Waals surface area contributed by atoms with Crippen molar-refractivity contribution >= 4 is 0 Å². The van der Waals surface area contributed by atoms with Gasteiger partial charge in [0.05, 0.1) is 0 Å². The average molecular weight is 240 g/mol. The van der Waals surface area contributed by atoms with Crippen LogP contribution in [0.15, 0.2) is 36.7 Å². The molecule has 0 atom stereocenters. The van der Waals surface area contributed by atoms with Crippen molar-refractivity contribution < 1.29 is 0 Å². The quantitative estimate of drug-likeness (QED) is 0.885. The van der Waals surface area contributed by atoms with E-state index in [1.807, 2.05) is 12.4 Å². The van der Waals surface area contributed by atoms with E-state index in [0.29, 0.717) is 0 Å². The molecule has 0 unspecified atom stereocenters. The number of nitrogens with zero attached hydrogens (tertiary/aromatic N) is 1. The summed E-state index contributed by atoms with van der Waals surface area (Å²) in [7, 11) is 0. The third kappa shape index (κ3) is 2.96.